The van der Waals surface area contributed by atoms with Gasteiger partial charge in [0.2, 0.25) is 0 Å². The average molecular weight is 475 g/mol. The van der Waals surface area contributed by atoms with Gasteiger partial charge in [0.15, 0.2) is 11.6 Å². The van der Waals surface area contributed by atoms with Gasteiger partial charge in [-0.3, -0.25) is 15.0 Å². The summed E-state index contributed by atoms with van der Waals surface area (Å²) in [6.45, 7) is 5.85. The SMILES string of the molecule is CC1CN=C(c2ccc3cc(-c4ccc(-c5ccc6cc(C7=NC[C@@H](C)N7)oc6c5)cn4)[nH]c3c2)N1. The minimum absolute atomic E-state index is 0.343. The van der Waals surface area contributed by atoms with Crippen molar-refractivity contribution in [1.29, 1.82) is 0 Å². The standard InChI is InChI=1S/C29H26N6O/c1-16-13-31-28(33-16)21-6-4-19-9-25(35-24(19)10-21)23-8-7-22(15-30-23)18-3-5-20-12-27(36-26(20)11-18)29-32-14-17(2)34-29/h3-12,15-17,35H,13-14H2,1-2H3,(H,31,33)(H,32,34)/t16?,17-/m1/s1. The molecular weight excluding hydrogens is 448 g/mol. The summed E-state index contributed by atoms with van der Waals surface area (Å²) in [5, 5.41) is 9.01. The Morgan fingerprint density at radius 2 is 1.50 bits per heavy atom. The van der Waals surface area contributed by atoms with Crippen LogP contribution in [0.5, 0.6) is 0 Å². The van der Waals surface area contributed by atoms with Crippen molar-refractivity contribution in [2.75, 3.05) is 13.1 Å². The molecule has 7 nitrogen and oxygen atoms in total. The van der Waals surface area contributed by atoms with Gasteiger partial charge in [-0.15, -0.1) is 0 Å². The molecule has 5 heterocycles. The largest absolute Gasteiger partial charge is 0.453 e. The quantitative estimate of drug-likeness (QED) is 0.337. The monoisotopic (exact) mass is 474 g/mol. The van der Waals surface area contributed by atoms with Crippen LogP contribution in [0.4, 0.5) is 0 Å². The van der Waals surface area contributed by atoms with Crippen LogP contribution in [0.3, 0.4) is 0 Å². The minimum Gasteiger partial charge on any atom is -0.453 e. The minimum atomic E-state index is 0.343. The summed E-state index contributed by atoms with van der Waals surface area (Å²) < 4.78 is 6.11. The molecule has 2 aromatic carbocycles. The number of H-pyrrole nitrogens is 1. The number of hydrogen-bond donors (Lipinski definition) is 3. The number of aromatic amines is 1. The third kappa shape index (κ3) is 3.64. The highest BCUT2D eigenvalue weighted by atomic mass is 16.3. The van der Waals surface area contributed by atoms with E-state index >= 15 is 0 Å². The molecule has 3 aromatic heterocycles. The number of aromatic nitrogens is 2. The maximum atomic E-state index is 6.11. The number of benzene rings is 2. The van der Waals surface area contributed by atoms with Crippen LogP contribution >= 0.6 is 0 Å². The molecule has 0 amide bonds. The van der Waals surface area contributed by atoms with Crippen LogP contribution in [-0.4, -0.2) is 46.8 Å². The van der Waals surface area contributed by atoms with Gasteiger partial charge in [0.05, 0.1) is 24.5 Å². The molecule has 2 aliphatic heterocycles. The Kier molecular flexibility index (Phi) is 4.70. The molecule has 5 aromatic rings. The molecule has 0 bridgehead atoms. The number of nitrogens with zero attached hydrogens (tertiary/aromatic N) is 3. The normalized spacial score (nSPS) is 19.4. The summed E-state index contributed by atoms with van der Waals surface area (Å²) in [6.07, 6.45) is 1.92. The number of rotatable bonds is 4. The zero-order chi connectivity index (χ0) is 24.2. The zero-order valence-corrected chi connectivity index (χ0v) is 20.2. The van der Waals surface area contributed by atoms with Gasteiger partial charge in [0.1, 0.15) is 11.4 Å². The highest BCUT2D eigenvalue weighted by Crippen LogP contribution is 2.29. The number of amidine groups is 2. The molecule has 2 atom stereocenters. The third-order valence-corrected chi connectivity index (χ3v) is 6.83. The molecular formula is C29H26N6O. The van der Waals surface area contributed by atoms with E-state index in [-0.39, 0.29) is 0 Å². The summed E-state index contributed by atoms with van der Waals surface area (Å²) >= 11 is 0. The molecule has 36 heavy (non-hydrogen) atoms. The van der Waals surface area contributed by atoms with Gasteiger partial charge in [-0.1, -0.05) is 30.3 Å². The zero-order valence-electron chi connectivity index (χ0n) is 20.2. The van der Waals surface area contributed by atoms with Gasteiger partial charge < -0.3 is 20.0 Å². The van der Waals surface area contributed by atoms with E-state index in [0.717, 1.165) is 80.5 Å². The van der Waals surface area contributed by atoms with Crippen LogP contribution in [0.1, 0.15) is 25.2 Å². The van der Waals surface area contributed by atoms with Crippen molar-refractivity contribution >= 4 is 33.5 Å². The van der Waals surface area contributed by atoms with Crippen molar-refractivity contribution in [3.8, 4) is 22.5 Å². The van der Waals surface area contributed by atoms with E-state index in [1.165, 1.54) is 0 Å². The Labute approximate surface area is 208 Å². The smallest absolute Gasteiger partial charge is 0.170 e. The molecule has 178 valence electrons. The second kappa shape index (κ2) is 8.09. The fourth-order valence-electron chi connectivity index (χ4n) is 4.89. The van der Waals surface area contributed by atoms with E-state index in [0.29, 0.717) is 12.1 Å². The fourth-order valence-corrected chi connectivity index (χ4v) is 4.89. The van der Waals surface area contributed by atoms with Crippen molar-refractivity contribution in [3.63, 3.8) is 0 Å². The molecule has 7 heteroatoms. The first-order valence-corrected chi connectivity index (χ1v) is 12.3. The highest BCUT2D eigenvalue weighted by molar-refractivity contribution is 6.03. The van der Waals surface area contributed by atoms with Crippen LogP contribution in [0.25, 0.3) is 44.4 Å². The number of pyridine rings is 1. The van der Waals surface area contributed by atoms with Gasteiger partial charge in [-0.2, -0.15) is 0 Å². The number of aliphatic imine (C=N–C) groups is 2. The number of fused-ring (bicyclic) bond motifs is 2. The van der Waals surface area contributed by atoms with E-state index in [2.05, 4.69) is 94.0 Å². The van der Waals surface area contributed by atoms with Crippen molar-refractivity contribution in [2.24, 2.45) is 9.98 Å². The van der Waals surface area contributed by atoms with Gasteiger partial charge >= 0.3 is 0 Å². The summed E-state index contributed by atoms with van der Waals surface area (Å²) in [5.74, 6) is 2.58. The second-order valence-corrected chi connectivity index (χ2v) is 9.75. The first-order chi connectivity index (χ1) is 17.6. The van der Waals surface area contributed by atoms with Crippen LogP contribution in [0, 0.1) is 0 Å². The van der Waals surface area contributed by atoms with Gasteiger partial charge in [0, 0.05) is 45.7 Å². The fraction of sp³-hybridized carbons (Fsp3) is 0.207. The molecule has 0 spiro atoms. The second-order valence-electron chi connectivity index (χ2n) is 9.75. The first kappa shape index (κ1) is 20.9. The van der Waals surface area contributed by atoms with Crippen molar-refractivity contribution in [2.45, 2.75) is 25.9 Å². The van der Waals surface area contributed by atoms with Crippen molar-refractivity contribution < 1.29 is 4.42 Å². The molecule has 0 saturated heterocycles. The molecule has 1 unspecified atom stereocenters. The summed E-state index contributed by atoms with van der Waals surface area (Å²) in [5.41, 5.74) is 7.03. The van der Waals surface area contributed by atoms with Crippen molar-refractivity contribution in [3.05, 3.63) is 78.2 Å². The molecule has 7 rings (SSSR count). The Morgan fingerprint density at radius 3 is 2.25 bits per heavy atom. The Balaban J connectivity index is 1.15. The predicted molar refractivity (Wildman–Crippen MR) is 145 cm³/mol. The predicted octanol–water partition coefficient (Wildman–Crippen LogP) is 5.12. The first-order valence-electron chi connectivity index (χ1n) is 12.3. The van der Waals surface area contributed by atoms with Gasteiger partial charge in [-0.05, 0) is 49.7 Å². The van der Waals surface area contributed by atoms with Crippen LogP contribution in [0.2, 0.25) is 0 Å². The van der Waals surface area contributed by atoms with Gasteiger partial charge in [0.25, 0.3) is 0 Å². The van der Waals surface area contributed by atoms with Crippen LogP contribution < -0.4 is 10.6 Å². The average Bonchev–Trinajstić information content (AvgIpc) is 3.69. The lowest BCUT2D eigenvalue weighted by atomic mass is 10.1. The van der Waals surface area contributed by atoms with E-state index in [9.17, 15) is 0 Å². The lowest BCUT2D eigenvalue weighted by Crippen LogP contribution is -2.27. The topological polar surface area (TPSA) is 90.6 Å². The Bertz CT molecular complexity index is 1630. The summed E-state index contributed by atoms with van der Waals surface area (Å²) in [6, 6.07) is 21.7. The van der Waals surface area contributed by atoms with Gasteiger partial charge in [-0.25, -0.2) is 0 Å². The number of furan rings is 1. The molecule has 2 aliphatic rings. The summed E-state index contributed by atoms with van der Waals surface area (Å²) in [7, 11) is 0. The third-order valence-electron chi connectivity index (χ3n) is 6.83. The number of hydrogen-bond acceptors (Lipinski definition) is 6. The van der Waals surface area contributed by atoms with Crippen molar-refractivity contribution in [1.82, 2.24) is 20.6 Å². The summed E-state index contributed by atoms with van der Waals surface area (Å²) in [4.78, 5) is 17.4. The Morgan fingerprint density at radius 1 is 0.750 bits per heavy atom. The molecule has 0 radical (unpaired) electrons. The lowest BCUT2D eigenvalue weighted by molar-refractivity contribution is 0.599. The van der Waals surface area contributed by atoms with Crippen LogP contribution in [0.15, 0.2) is 81.3 Å². The maximum absolute atomic E-state index is 6.11. The highest BCUT2D eigenvalue weighted by Gasteiger charge is 2.18. The van der Waals surface area contributed by atoms with E-state index in [4.69, 9.17) is 9.40 Å². The number of nitrogens with one attached hydrogen (secondary N) is 3. The lowest BCUT2D eigenvalue weighted by Gasteiger charge is -2.05. The maximum Gasteiger partial charge on any atom is 0.170 e. The van der Waals surface area contributed by atoms with E-state index in [1.54, 1.807) is 0 Å². The molecule has 0 aliphatic carbocycles. The molecule has 3 N–H and O–H groups in total. The van der Waals surface area contributed by atoms with Crippen LogP contribution in [-0.2, 0) is 0 Å². The van der Waals surface area contributed by atoms with E-state index < -0.39 is 0 Å². The molecule has 0 fully saturated rings. The van der Waals surface area contributed by atoms with E-state index in [1.807, 2.05) is 12.3 Å². The Hall–Kier alpha value is -4.39. The molecule has 0 saturated carbocycles.